The van der Waals surface area contributed by atoms with Gasteiger partial charge in [-0.1, -0.05) is 70.5 Å². The van der Waals surface area contributed by atoms with Crippen LogP contribution in [0.2, 0.25) is 0 Å². The molecule has 2 aromatic carbocycles. The predicted molar refractivity (Wildman–Crippen MR) is 145 cm³/mol. The van der Waals surface area contributed by atoms with E-state index in [9.17, 15) is 0 Å². The standard InChI is InChI=1S/C25H23NOS.C3H8.C2H6/c1-17-14-23(27-16-20-8-5-4-6-9-20)24(19(3)18(17)2)25-22(11-13-28-25)21-10-7-12-26-15-21;1-3-2;1-2/h4-15H,16H2,1-3H3;3H2,1-2H3;1-2H3. The number of aromatic nitrogens is 1. The lowest BCUT2D eigenvalue weighted by molar-refractivity contribution is 0.307. The monoisotopic (exact) mass is 459 g/mol. The maximum Gasteiger partial charge on any atom is 0.129 e. The largest absolute Gasteiger partial charge is 0.488 e. The molecule has 0 spiro atoms. The Morgan fingerprint density at radius 2 is 1.58 bits per heavy atom. The van der Waals surface area contributed by atoms with Crippen LogP contribution in [0.4, 0.5) is 0 Å². The van der Waals surface area contributed by atoms with Gasteiger partial charge in [-0.15, -0.1) is 11.3 Å². The summed E-state index contributed by atoms with van der Waals surface area (Å²) in [6.07, 6.45) is 4.98. The Balaban J connectivity index is 0.000000714. The number of hydrogen-bond acceptors (Lipinski definition) is 3. The first-order chi connectivity index (χ1) is 16.1. The van der Waals surface area contributed by atoms with E-state index in [4.69, 9.17) is 4.74 Å². The molecule has 0 amide bonds. The summed E-state index contributed by atoms with van der Waals surface area (Å²) in [6, 6.07) is 18.8. The van der Waals surface area contributed by atoms with E-state index in [0.717, 1.165) is 11.3 Å². The highest BCUT2D eigenvalue weighted by Gasteiger charge is 2.19. The summed E-state index contributed by atoms with van der Waals surface area (Å²) in [5.74, 6) is 0.942. The molecule has 0 unspecified atom stereocenters. The second kappa shape index (κ2) is 13.6. The lowest BCUT2D eigenvalue weighted by Gasteiger charge is -2.18. The number of aryl methyl sites for hydroxylation is 1. The zero-order chi connectivity index (χ0) is 24.2. The third-order valence-corrected chi connectivity index (χ3v) is 6.16. The number of benzene rings is 2. The molecule has 0 bridgehead atoms. The topological polar surface area (TPSA) is 22.1 Å². The number of nitrogens with zero attached hydrogens (tertiary/aromatic N) is 1. The van der Waals surface area contributed by atoms with E-state index in [-0.39, 0.29) is 0 Å². The van der Waals surface area contributed by atoms with E-state index in [0.29, 0.717) is 6.61 Å². The van der Waals surface area contributed by atoms with Crippen LogP contribution in [0.3, 0.4) is 0 Å². The average Bonchev–Trinajstić information content (AvgIpc) is 3.33. The Kier molecular flexibility index (Phi) is 10.9. The Morgan fingerprint density at radius 3 is 2.21 bits per heavy atom. The smallest absolute Gasteiger partial charge is 0.129 e. The van der Waals surface area contributed by atoms with Gasteiger partial charge in [0.15, 0.2) is 0 Å². The summed E-state index contributed by atoms with van der Waals surface area (Å²) in [5.41, 5.74) is 8.53. The molecular formula is C30H37NOS. The Bertz CT molecular complexity index is 1100. The van der Waals surface area contributed by atoms with Crippen molar-refractivity contribution >= 4 is 11.3 Å². The fraction of sp³-hybridized carbons (Fsp3) is 0.300. The normalized spacial score (nSPS) is 9.91. The minimum Gasteiger partial charge on any atom is -0.488 e. The summed E-state index contributed by atoms with van der Waals surface area (Å²) in [5, 5.41) is 2.15. The van der Waals surface area contributed by atoms with Gasteiger partial charge in [-0.05, 0) is 66.6 Å². The third-order valence-electron chi connectivity index (χ3n) is 5.22. The van der Waals surface area contributed by atoms with Gasteiger partial charge in [0.1, 0.15) is 12.4 Å². The van der Waals surface area contributed by atoms with Gasteiger partial charge >= 0.3 is 0 Å². The van der Waals surface area contributed by atoms with Crippen LogP contribution in [0, 0.1) is 20.8 Å². The van der Waals surface area contributed by atoms with Crippen molar-refractivity contribution in [2.75, 3.05) is 0 Å². The van der Waals surface area contributed by atoms with E-state index in [1.165, 1.54) is 44.7 Å². The minimum absolute atomic E-state index is 0.559. The predicted octanol–water partition coefficient (Wildman–Crippen LogP) is 9.42. The summed E-state index contributed by atoms with van der Waals surface area (Å²) in [4.78, 5) is 5.53. The molecule has 0 saturated heterocycles. The van der Waals surface area contributed by atoms with Crippen molar-refractivity contribution in [1.82, 2.24) is 4.98 Å². The maximum absolute atomic E-state index is 6.35. The van der Waals surface area contributed by atoms with Gasteiger partial charge in [0, 0.05) is 34.0 Å². The third kappa shape index (κ3) is 6.79. The molecule has 0 aliphatic heterocycles. The van der Waals surface area contributed by atoms with Crippen molar-refractivity contribution in [1.29, 1.82) is 0 Å². The zero-order valence-electron chi connectivity index (χ0n) is 21.1. The zero-order valence-corrected chi connectivity index (χ0v) is 21.9. The molecule has 2 aromatic heterocycles. The lowest BCUT2D eigenvalue weighted by atomic mass is 9.94. The van der Waals surface area contributed by atoms with Crippen LogP contribution in [-0.2, 0) is 6.61 Å². The molecule has 2 heterocycles. The van der Waals surface area contributed by atoms with E-state index >= 15 is 0 Å². The van der Waals surface area contributed by atoms with Crippen LogP contribution < -0.4 is 4.74 Å². The van der Waals surface area contributed by atoms with E-state index in [1.807, 2.05) is 50.5 Å². The Hall–Kier alpha value is -2.91. The molecular weight excluding hydrogens is 422 g/mol. The van der Waals surface area contributed by atoms with Crippen LogP contribution in [0.15, 0.2) is 72.4 Å². The summed E-state index contributed by atoms with van der Waals surface area (Å²) >= 11 is 1.75. The minimum atomic E-state index is 0.559. The summed E-state index contributed by atoms with van der Waals surface area (Å²) < 4.78 is 6.35. The fourth-order valence-corrected chi connectivity index (χ4v) is 4.45. The lowest BCUT2D eigenvalue weighted by Crippen LogP contribution is -2.00. The van der Waals surface area contributed by atoms with Crippen LogP contribution in [-0.4, -0.2) is 4.98 Å². The van der Waals surface area contributed by atoms with Crippen LogP contribution in [0.5, 0.6) is 5.75 Å². The number of hydrogen-bond donors (Lipinski definition) is 0. The second-order valence-corrected chi connectivity index (χ2v) is 8.62. The molecule has 174 valence electrons. The highest BCUT2D eigenvalue weighted by molar-refractivity contribution is 7.14. The van der Waals surface area contributed by atoms with Crippen LogP contribution in [0.25, 0.3) is 21.6 Å². The van der Waals surface area contributed by atoms with Crippen molar-refractivity contribution < 1.29 is 4.74 Å². The number of ether oxygens (including phenoxy) is 1. The molecule has 0 aliphatic carbocycles. The first-order valence-corrected chi connectivity index (χ1v) is 12.7. The van der Waals surface area contributed by atoms with Crippen LogP contribution >= 0.6 is 11.3 Å². The molecule has 4 aromatic rings. The van der Waals surface area contributed by atoms with Gasteiger partial charge in [0.25, 0.3) is 0 Å². The Labute approximate surface area is 204 Å². The first-order valence-electron chi connectivity index (χ1n) is 11.8. The van der Waals surface area contributed by atoms with Crippen molar-refractivity contribution in [3.05, 3.63) is 94.6 Å². The van der Waals surface area contributed by atoms with Gasteiger partial charge in [0.05, 0.1) is 0 Å². The molecule has 3 heteroatoms. The molecule has 0 saturated carbocycles. The molecule has 0 N–H and O–H groups in total. The molecule has 0 radical (unpaired) electrons. The molecule has 0 fully saturated rings. The molecule has 0 aliphatic rings. The molecule has 33 heavy (non-hydrogen) atoms. The summed E-state index contributed by atoms with van der Waals surface area (Å²) in [6.45, 7) is 15.3. The van der Waals surface area contributed by atoms with Gasteiger partial charge in [-0.25, -0.2) is 0 Å². The number of pyridine rings is 1. The number of rotatable bonds is 5. The molecule has 0 atom stereocenters. The van der Waals surface area contributed by atoms with Crippen LogP contribution in [0.1, 0.15) is 56.4 Å². The van der Waals surface area contributed by atoms with Crippen molar-refractivity contribution in [3.8, 4) is 27.3 Å². The Morgan fingerprint density at radius 1 is 0.879 bits per heavy atom. The summed E-state index contributed by atoms with van der Waals surface area (Å²) in [7, 11) is 0. The van der Waals surface area contributed by atoms with E-state index in [2.05, 4.69) is 75.3 Å². The van der Waals surface area contributed by atoms with Gasteiger partial charge in [-0.2, -0.15) is 0 Å². The molecule has 4 rings (SSSR count). The van der Waals surface area contributed by atoms with Gasteiger partial charge < -0.3 is 4.74 Å². The SMILES string of the molecule is CC.CCC.Cc1cc(OCc2ccccc2)c(-c2sccc2-c2cccnc2)c(C)c1C. The fourth-order valence-electron chi connectivity index (χ4n) is 3.43. The van der Waals surface area contributed by atoms with E-state index < -0.39 is 0 Å². The average molecular weight is 460 g/mol. The van der Waals surface area contributed by atoms with Crippen molar-refractivity contribution in [2.24, 2.45) is 0 Å². The highest BCUT2D eigenvalue weighted by atomic mass is 32.1. The highest BCUT2D eigenvalue weighted by Crippen LogP contribution is 2.44. The van der Waals surface area contributed by atoms with E-state index in [1.54, 1.807) is 11.3 Å². The van der Waals surface area contributed by atoms with Gasteiger partial charge in [-0.3, -0.25) is 4.98 Å². The maximum atomic E-state index is 6.35. The quantitative estimate of drug-likeness (QED) is 0.296. The van der Waals surface area contributed by atoms with Crippen molar-refractivity contribution in [3.63, 3.8) is 0 Å². The first kappa shape index (κ1) is 26.3. The van der Waals surface area contributed by atoms with Crippen molar-refractivity contribution in [2.45, 2.75) is 61.5 Å². The number of thiophene rings is 1. The molecule has 2 nitrogen and oxygen atoms in total. The van der Waals surface area contributed by atoms with Gasteiger partial charge in [0.2, 0.25) is 0 Å². The second-order valence-electron chi connectivity index (χ2n) is 7.70.